The van der Waals surface area contributed by atoms with Gasteiger partial charge in [0.05, 0.1) is 5.25 Å². The number of carbonyl (C=O) groups is 1. The van der Waals surface area contributed by atoms with Gasteiger partial charge in [0.25, 0.3) is 0 Å². The molecule has 19 heavy (non-hydrogen) atoms. The molecule has 2 nitrogen and oxygen atoms in total. The van der Waals surface area contributed by atoms with Crippen molar-refractivity contribution in [1.82, 2.24) is 5.32 Å². The number of nitrogens with one attached hydrogen (secondary N) is 1. The van der Waals surface area contributed by atoms with Gasteiger partial charge in [0.2, 0.25) is 5.91 Å². The molecule has 0 bridgehead atoms. The zero-order chi connectivity index (χ0) is 14.3. The van der Waals surface area contributed by atoms with E-state index < -0.39 is 0 Å². The van der Waals surface area contributed by atoms with E-state index in [1.807, 2.05) is 30.3 Å². The van der Waals surface area contributed by atoms with E-state index in [0.29, 0.717) is 12.3 Å². The lowest BCUT2D eigenvalue weighted by atomic mass is 10.00. The van der Waals surface area contributed by atoms with Crippen LogP contribution in [0.5, 0.6) is 0 Å². The highest BCUT2D eigenvalue weighted by Gasteiger charge is 2.17. The summed E-state index contributed by atoms with van der Waals surface area (Å²) in [5, 5.41) is 2.77. The third-order valence-electron chi connectivity index (χ3n) is 3.42. The summed E-state index contributed by atoms with van der Waals surface area (Å²) in [6, 6.07) is 10.2. The van der Waals surface area contributed by atoms with E-state index in [1.54, 1.807) is 0 Å². The Bertz CT molecular complexity index is 380. The highest BCUT2D eigenvalue weighted by molar-refractivity contribution is 7.81. The summed E-state index contributed by atoms with van der Waals surface area (Å²) in [5.41, 5.74) is 1.15. The molecule has 3 atom stereocenters. The number of hydrogen-bond donors (Lipinski definition) is 2. The van der Waals surface area contributed by atoms with Gasteiger partial charge in [-0.05, 0) is 31.2 Å². The molecule has 3 heteroatoms. The maximum Gasteiger partial charge on any atom is 0.233 e. The van der Waals surface area contributed by atoms with E-state index in [2.05, 4.69) is 38.7 Å². The lowest BCUT2D eigenvalue weighted by Gasteiger charge is -2.19. The lowest BCUT2D eigenvalue weighted by Crippen LogP contribution is -2.39. The van der Waals surface area contributed by atoms with Crippen LogP contribution in [0, 0.1) is 5.92 Å². The molecule has 1 N–H and O–H groups in total. The second-order valence-electron chi connectivity index (χ2n) is 5.36. The van der Waals surface area contributed by atoms with Crippen LogP contribution in [-0.2, 0) is 11.2 Å². The summed E-state index contributed by atoms with van der Waals surface area (Å²) >= 11 is 4.41. The quantitative estimate of drug-likeness (QED) is 0.735. The highest BCUT2D eigenvalue weighted by atomic mass is 32.1. The molecule has 1 aromatic rings. The molecule has 0 heterocycles. The fourth-order valence-corrected chi connectivity index (χ4v) is 2.38. The Labute approximate surface area is 122 Å². The first-order valence-corrected chi connectivity index (χ1v) is 7.57. The van der Waals surface area contributed by atoms with Gasteiger partial charge in [0.1, 0.15) is 0 Å². The van der Waals surface area contributed by atoms with Crippen LogP contribution in [-0.4, -0.2) is 17.2 Å². The van der Waals surface area contributed by atoms with Crippen molar-refractivity contribution in [3.05, 3.63) is 35.9 Å². The van der Waals surface area contributed by atoms with Gasteiger partial charge in [-0.1, -0.05) is 50.6 Å². The Morgan fingerprint density at radius 1 is 1.26 bits per heavy atom. The van der Waals surface area contributed by atoms with E-state index >= 15 is 0 Å². The van der Waals surface area contributed by atoms with Crippen LogP contribution in [0.1, 0.15) is 39.2 Å². The Hall–Kier alpha value is -0.960. The van der Waals surface area contributed by atoms with Gasteiger partial charge in [0.15, 0.2) is 0 Å². The molecule has 0 saturated heterocycles. The fourth-order valence-electron chi connectivity index (χ4n) is 2.10. The molecule has 1 aromatic carbocycles. The Balaban J connectivity index is 2.40. The average molecular weight is 279 g/mol. The number of hydrogen-bond acceptors (Lipinski definition) is 2. The second kappa shape index (κ2) is 8.26. The van der Waals surface area contributed by atoms with E-state index in [1.165, 1.54) is 0 Å². The molecule has 1 amide bonds. The summed E-state index contributed by atoms with van der Waals surface area (Å²) < 4.78 is 0. The third kappa shape index (κ3) is 6.15. The van der Waals surface area contributed by atoms with Gasteiger partial charge in [-0.25, -0.2) is 0 Å². The normalized spacial score (nSPS) is 15.6. The van der Waals surface area contributed by atoms with Gasteiger partial charge in [-0.2, -0.15) is 12.6 Å². The van der Waals surface area contributed by atoms with Gasteiger partial charge in [-0.15, -0.1) is 0 Å². The molecule has 0 spiro atoms. The van der Waals surface area contributed by atoms with Crippen LogP contribution >= 0.6 is 12.6 Å². The van der Waals surface area contributed by atoms with Crippen LogP contribution in [0.25, 0.3) is 0 Å². The standard InChI is InChI=1S/C16H25NOS/c1-4-12(2)10-13(3)17-16(18)15(19)11-14-8-6-5-7-9-14/h5-9,12-13,15,19H,4,10-11H2,1-3H3,(H,17,18). The lowest BCUT2D eigenvalue weighted by molar-refractivity contribution is -0.121. The topological polar surface area (TPSA) is 29.1 Å². The van der Waals surface area contributed by atoms with E-state index in [0.717, 1.165) is 18.4 Å². The monoisotopic (exact) mass is 279 g/mol. The molecule has 3 unspecified atom stereocenters. The van der Waals surface area contributed by atoms with Crippen molar-refractivity contribution in [3.8, 4) is 0 Å². The molecule has 106 valence electrons. The maximum atomic E-state index is 12.0. The van der Waals surface area contributed by atoms with Crippen molar-refractivity contribution in [2.75, 3.05) is 0 Å². The number of carbonyl (C=O) groups excluding carboxylic acids is 1. The number of benzene rings is 1. The van der Waals surface area contributed by atoms with Crippen molar-refractivity contribution in [2.45, 2.75) is 51.3 Å². The number of amides is 1. The first kappa shape index (κ1) is 16.1. The Morgan fingerprint density at radius 3 is 2.47 bits per heavy atom. The second-order valence-corrected chi connectivity index (χ2v) is 5.99. The average Bonchev–Trinajstić information content (AvgIpc) is 2.39. The van der Waals surface area contributed by atoms with Gasteiger partial charge in [-0.3, -0.25) is 4.79 Å². The first-order valence-electron chi connectivity index (χ1n) is 7.05. The molecule has 0 aliphatic heterocycles. The predicted octanol–water partition coefficient (Wildman–Crippen LogP) is 3.47. The summed E-state index contributed by atoms with van der Waals surface area (Å²) in [7, 11) is 0. The van der Waals surface area contributed by atoms with Crippen molar-refractivity contribution in [2.24, 2.45) is 5.92 Å². The van der Waals surface area contributed by atoms with Gasteiger partial charge >= 0.3 is 0 Å². The molecule has 1 rings (SSSR count). The summed E-state index contributed by atoms with van der Waals surface area (Å²) in [6.45, 7) is 6.45. The SMILES string of the molecule is CCC(C)CC(C)NC(=O)C(S)Cc1ccccc1. The van der Waals surface area contributed by atoms with Crippen molar-refractivity contribution in [3.63, 3.8) is 0 Å². The molecule has 0 aromatic heterocycles. The third-order valence-corrected chi connectivity index (χ3v) is 3.83. The fraction of sp³-hybridized carbons (Fsp3) is 0.562. The minimum atomic E-state index is -0.276. The summed E-state index contributed by atoms with van der Waals surface area (Å²) in [6.07, 6.45) is 2.84. The number of rotatable bonds is 7. The Morgan fingerprint density at radius 2 is 1.89 bits per heavy atom. The molecule has 0 radical (unpaired) electrons. The van der Waals surface area contributed by atoms with E-state index in [-0.39, 0.29) is 17.2 Å². The molecule has 0 fully saturated rings. The molecular weight excluding hydrogens is 254 g/mol. The molecule has 0 aliphatic carbocycles. The van der Waals surface area contributed by atoms with Gasteiger partial charge < -0.3 is 5.32 Å². The van der Waals surface area contributed by atoms with E-state index in [4.69, 9.17) is 0 Å². The van der Waals surface area contributed by atoms with Crippen LogP contribution in [0.4, 0.5) is 0 Å². The Kier molecular flexibility index (Phi) is 7.00. The summed E-state index contributed by atoms with van der Waals surface area (Å²) in [5.74, 6) is 0.672. The van der Waals surface area contributed by atoms with Crippen LogP contribution in [0.3, 0.4) is 0 Å². The predicted molar refractivity (Wildman–Crippen MR) is 84.6 cm³/mol. The first-order chi connectivity index (χ1) is 9.02. The number of thiol groups is 1. The van der Waals surface area contributed by atoms with Crippen molar-refractivity contribution >= 4 is 18.5 Å². The van der Waals surface area contributed by atoms with Crippen molar-refractivity contribution in [1.29, 1.82) is 0 Å². The largest absolute Gasteiger partial charge is 0.353 e. The van der Waals surface area contributed by atoms with E-state index in [9.17, 15) is 4.79 Å². The zero-order valence-electron chi connectivity index (χ0n) is 12.1. The molecular formula is C16H25NOS. The van der Waals surface area contributed by atoms with Gasteiger partial charge in [0, 0.05) is 6.04 Å². The molecule has 0 aliphatic rings. The maximum absolute atomic E-state index is 12.0. The minimum absolute atomic E-state index is 0.0305. The van der Waals surface area contributed by atoms with Crippen LogP contribution < -0.4 is 5.32 Å². The van der Waals surface area contributed by atoms with Crippen LogP contribution in [0.2, 0.25) is 0 Å². The zero-order valence-corrected chi connectivity index (χ0v) is 13.0. The molecule has 0 saturated carbocycles. The minimum Gasteiger partial charge on any atom is -0.353 e. The summed E-state index contributed by atoms with van der Waals surface area (Å²) in [4.78, 5) is 12.0. The van der Waals surface area contributed by atoms with Crippen LogP contribution in [0.15, 0.2) is 30.3 Å². The van der Waals surface area contributed by atoms with Crippen molar-refractivity contribution < 1.29 is 4.79 Å². The highest BCUT2D eigenvalue weighted by Crippen LogP contribution is 2.11. The smallest absolute Gasteiger partial charge is 0.233 e.